The summed E-state index contributed by atoms with van der Waals surface area (Å²) in [4.78, 5) is 27.0. The highest BCUT2D eigenvalue weighted by molar-refractivity contribution is 6.00. The standard InChI is InChI=1S/C23H25N5O2/c24-22(29)21-13-15-6-4-5-7-17(15)14-27(21)23(30)16-10-11-20-19(12-16)25-26-28(20)18-8-2-1-3-9-18/h4-7,10-12,18,21H,1-3,8-9,13-14H2,(H2,24,29)/t21-/m0/s1. The van der Waals surface area contributed by atoms with Gasteiger partial charge in [0, 0.05) is 18.5 Å². The molecule has 0 spiro atoms. The molecule has 1 aliphatic heterocycles. The summed E-state index contributed by atoms with van der Waals surface area (Å²) in [6.45, 7) is 0.370. The number of rotatable bonds is 3. The number of nitrogens with zero attached hydrogens (tertiary/aromatic N) is 4. The van der Waals surface area contributed by atoms with Crippen LogP contribution in [0.1, 0.15) is 59.6 Å². The van der Waals surface area contributed by atoms with Crippen molar-refractivity contribution in [3.63, 3.8) is 0 Å². The maximum Gasteiger partial charge on any atom is 0.254 e. The summed E-state index contributed by atoms with van der Waals surface area (Å²) in [5, 5.41) is 8.70. The lowest BCUT2D eigenvalue weighted by Crippen LogP contribution is -2.51. The highest BCUT2D eigenvalue weighted by Gasteiger charge is 2.34. The van der Waals surface area contributed by atoms with Crippen molar-refractivity contribution in [2.45, 2.75) is 57.2 Å². The molecule has 7 nitrogen and oxygen atoms in total. The van der Waals surface area contributed by atoms with Crippen LogP contribution in [0, 0.1) is 0 Å². The Morgan fingerprint density at radius 1 is 1.00 bits per heavy atom. The maximum atomic E-state index is 13.3. The van der Waals surface area contributed by atoms with Crippen LogP contribution >= 0.6 is 0 Å². The van der Waals surface area contributed by atoms with Gasteiger partial charge < -0.3 is 10.6 Å². The van der Waals surface area contributed by atoms with E-state index in [2.05, 4.69) is 10.3 Å². The average Bonchev–Trinajstić information content (AvgIpc) is 3.21. The lowest BCUT2D eigenvalue weighted by molar-refractivity contribution is -0.122. The third-order valence-electron chi connectivity index (χ3n) is 6.48. The second-order valence-corrected chi connectivity index (χ2v) is 8.35. The number of hydrogen-bond donors (Lipinski definition) is 1. The first-order valence-corrected chi connectivity index (χ1v) is 10.6. The van der Waals surface area contributed by atoms with Crippen molar-refractivity contribution >= 4 is 22.8 Å². The quantitative estimate of drug-likeness (QED) is 0.727. The number of benzene rings is 2. The largest absolute Gasteiger partial charge is 0.368 e. The first-order chi connectivity index (χ1) is 14.6. The fourth-order valence-corrected chi connectivity index (χ4v) is 4.83. The van der Waals surface area contributed by atoms with Gasteiger partial charge in [-0.2, -0.15) is 0 Å². The molecule has 30 heavy (non-hydrogen) atoms. The minimum absolute atomic E-state index is 0.206. The van der Waals surface area contributed by atoms with Gasteiger partial charge in [0.2, 0.25) is 5.91 Å². The Kier molecular flexibility index (Phi) is 4.73. The van der Waals surface area contributed by atoms with E-state index < -0.39 is 11.9 Å². The maximum absolute atomic E-state index is 13.3. The molecule has 1 saturated carbocycles. The molecule has 1 atom stereocenters. The van der Waals surface area contributed by atoms with Gasteiger partial charge in [-0.05, 0) is 42.2 Å². The number of primary amides is 1. The summed E-state index contributed by atoms with van der Waals surface area (Å²) in [5.41, 5.74) is 9.93. The van der Waals surface area contributed by atoms with Crippen LogP contribution in [-0.2, 0) is 17.8 Å². The van der Waals surface area contributed by atoms with Gasteiger partial charge in [0.25, 0.3) is 5.91 Å². The van der Waals surface area contributed by atoms with E-state index >= 15 is 0 Å². The summed E-state index contributed by atoms with van der Waals surface area (Å²) in [6, 6.07) is 13.1. The van der Waals surface area contributed by atoms with Crippen molar-refractivity contribution in [1.29, 1.82) is 0 Å². The second kappa shape index (κ2) is 7.55. The number of carbonyl (C=O) groups is 2. The van der Waals surface area contributed by atoms with E-state index in [1.54, 1.807) is 11.0 Å². The summed E-state index contributed by atoms with van der Waals surface area (Å²) in [7, 11) is 0. The monoisotopic (exact) mass is 403 g/mol. The number of nitrogens with two attached hydrogens (primary N) is 1. The molecule has 154 valence electrons. The predicted octanol–water partition coefficient (Wildman–Crippen LogP) is 2.99. The lowest BCUT2D eigenvalue weighted by atomic mass is 9.93. The van der Waals surface area contributed by atoms with Crippen LogP contribution in [0.15, 0.2) is 42.5 Å². The predicted molar refractivity (Wildman–Crippen MR) is 113 cm³/mol. The Bertz CT molecular complexity index is 1120. The van der Waals surface area contributed by atoms with Gasteiger partial charge in [0.1, 0.15) is 11.6 Å². The summed E-state index contributed by atoms with van der Waals surface area (Å²) < 4.78 is 2.01. The van der Waals surface area contributed by atoms with E-state index in [0.29, 0.717) is 30.1 Å². The van der Waals surface area contributed by atoms with Crippen molar-refractivity contribution in [2.75, 3.05) is 0 Å². The number of hydrogen-bond acceptors (Lipinski definition) is 4. The number of carbonyl (C=O) groups excluding carboxylic acids is 2. The van der Waals surface area contributed by atoms with Crippen molar-refractivity contribution in [1.82, 2.24) is 19.9 Å². The summed E-state index contributed by atoms with van der Waals surface area (Å²) in [6.07, 6.45) is 6.39. The molecular formula is C23H25N5O2. The van der Waals surface area contributed by atoms with E-state index in [0.717, 1.165) is 29.5 Å². The molecular weight excluding hydrogens is 378 g/mol. The third-order valence-corrected chi connectivity index (χ3v) is 6.48. The van der Waals surface area contributed by atoms with Crippen LogP contribution in [-0.4, -0.2) is 37.7 Å². The molecule has 0 unspecified atom stereocenters. The van der Waals surface area contributed by atoms with Gasteiger partial charge in [-0.25, -0.2) is 4.68 Å². The molecule has 5 rings (SSSR count). The van der Waals surface area contributed by atoms with Crippen molar-refractivity contribution in [3.8, 4) is 0 Å². The number of amides is 2. The van der Waals surface area contributed by atoms with E-state index in [1.165, 1.54) is 19.3 Å². The Balaban J connectivity index is 1.46. The Morgan fingerprint density at radius 3 is 2.53 bits per heavy atom. The van der Waals surface area contributed by atoms with Crippen molar-refractivity contribution < 1.29 is 9.59 Å². The zero-order valence-corrected chi connectivity index (χ0v) is 16.8. The number of aromatic nitrogens is 3. The van der Waals surface area contributed by atoms with Crippen LogP contribution in [0.2, 0.25) is 0 Å². The fraction of sp³-hybridized carbons (Fsp3) is 0.391. The summed E-state index contributed by atoms with van der Waals surface area (Å²) in [5.74, 6) is -0.690. The highest BCUT2D eigenvalue weighted by Crippen LogP contribution is 2.30. The van der Waals surface area contributed by atoms with Crippen LogP contribution < -0.4 is 5.73 Å². The first kappa shape index (κ1) is 18.8. The van der Waals surface area contributed by atoms with Crippen molar-refractivity contribution in [2.24, 2.45) is 5.73 Å². The number of fused-ring (bicyclic) bond motifs is 2. The minimum Gasteiger partial charge on any atom is -0.368 e. The molecule has 1 aromatic heterocycles. The second-order valence-electron chi connectivity index (χ2n) is 8.35. The average molecular weight is 403 g/mol. The van der Waals surface area contributed by atoms with Crippen LogP contribution in [0.25, 0.3) is 11.0 Å². The van der Waals surface area contributed by atoms with Gasteiger partial charge in [-0.15, -0.1) is 5.10 Å². The highest BCUT2D eigenvalue weighted by atomic mass is 16.2. The van der Waals surface area contributed by atoms with Gasteiger partial charge in [-0.3, -0.25) is 9.59 Å². The van der Waals surface area contributed by atoms with Gasteiger partial charge >= 0.3 is 0 Å². The van der Waals surface area contributed by atoms with Crippen LogP contribution in [0.4, 0.5) is 0 Å². The van der Waals surface area contributed by atoms with Crippen LogP contribution in [0.3, 0.4) is 0 Å². The molecule has 0 radical (unpaired) electrons. The zero-order chi connectivity index (χ0) is 20.7. The fourth-order valence-electron chi connectivity index (χ4n) is 4.83. The van der Waals surface area contributed by atoms with Crippen LogP contribution in [0.5, 0.6) is 0 Å². The molecule has 2 amide bonds. The molecule has 7 heteroatoms. The third kappa shape index (κ3) is 3.24. The molecule has 3 aromatic rings. The summed E-state index contributed by atoms with van der Waals surface area (Å²) >= 11 is 0. The zero-order valence-electron chi connectivity index (χ0n) is 16.8. The Labute approximate surface area is 174 Å². The molecule has 0 bridgehead atoms. The SMILES string of the molecule is NC(=O)[C@@H]1Cc2ccccc2CN1C(=O)c1ccc2c(c1)nnn2C1CCCCC1. The van der Waals surface area contributed by atoms with Gasteiger partial charge in [0.05, 0.1) is 11.6 Å². The van der Waals surface area contributed by atoms with E-state index in [1.807, 2.05) is 41.1 Å². The van der Waals surface area contributed by atoms with E-state index in [-0.39, 0.29) is 5.91 Å². The smallest absolute Gasteiger partial charge is 0.254 e. The Morgan fingerprint density at radius 2 is 1.77 bits per heavy atom. The molecule has 1 aliphatic carbocycles. The normalized spacial score (nSPS) is 19.6. The topological polar surface area (TPSA) is 94.1 Å². The minimum atomic E-state index is -0.652. The van der Waals surface area contributed by atoms with Gasteiger partial charge in [0.15, 0.2) is 0 Å². The molecule has 2 heterocycles. The Hall–Kier alpha value is -3.22. The molecule has 2 aromatic carbocycles. The van der Waals surface area contributed by atoms with E-state index in [9.17, 15) is 9.59 Å². The van der Waals surface area contributed by atoms with Gasteiger partial charge in [-0.1, -0.05) is 48.7 Å². The molecule has 2 aliphatic rings. The molecule has 2 N–H and O–H groups in total. The lowest BCUT2D eigenvalue weighted by Gasteiger charge is -2.35. The molecule has 0 saturated heterocycles. The first-order valence-electron chi connectivity index (χ1n) is 10.6. The molecule has 1 fully saturated rings. The van der Waals surface area contributed by atoms with E-state index in [4.69, 9.17) is 5.73 Å². The van der Waals surface area contributed by atoms with Crippen molar-refractivity contribution in [3.05, 3.63) is 59.2 Å².